The smallest absolute Gasteiger partial charge is 0.205 e. The average Bonchev–Trinajstić information content (AvgIpc) is 2.19. The molecule has 1 aliphatic rings. The normalized spacial score (nSPS) is 29.0. The molecule has 0 unspecified atom stereocenters. The predicted molar refractivity (Wildman–Crippen MR) is 53.8 cm³/mol. The summed E-state index contributed by atoms with van der Waals surface area (Å²) in [6.07, 6.45) is 0. The maximum absolute atomic E-state index is 10.2. The van der Waals surface area contributed by atoms with E-state index in [9.17, 15) is 5.11 Å². The predicted octanol–water partition coefficient (Wildman–Crippen LogP) is 0.794. The van der Waals surface area contributed by atoms with Gasteiger partial charge in [0.25, 0.3) is 0 Å². The third-order valence-corrected chi connectivity index (χ3v) is 2.52. The Labute approximate surface area is 83.9 Å². The molecular weight excluding hydrogens is 178 g/mol. The Kier molecular flexibility index (Phi) is 2.54. The Morgan fingerprint density at radius 1 is 1.36 bits per heavy atom. The van der Waals surface area contributed by atoms with E-state index in [2.05, 4.69) is 4.90 Å². The molecule has 1 saturated heterocycles. The minimum Gasteiger partial charge on any atom is -0.361 e. The summed E-state index contributed by atoms with van der Waals surface area (Å²) in [4.78, 5) is 2.07. The zero-order chi connectivity index (χ0) is 10.0. The van der Waals surface area contributed by atoms with E-state index < -0.39 is 5.79 Å². The second-order valence-electron chi connectivity index (χ2n) is 3.74. The molecule has 0 bridgehead atoms. The van der Waals surface area contributed by atoms with Gasteiger partial charge in [-0.3, -0.25) is 4.90 Å². The van der Waals surface area contributed by atoms with Crippen molar-refractivity contribution < 1.29 is 9.84 Å². The highest BCUT2D eigenvalue weighted by Gasteiger charge is 2.34. The lowest BCUT2D eigenvalue weighted by Gasteiger charge is -2.37. The Morgan fingerprint density at radius 2 is 2.07 bits per heavy atom. The number of hydrogen-bond donors (Lipinski definition) is 1. The minimum atomic E-state index is -1.13. The summed E-state index contributed by atoms with van der Waals surface area (Å²) in [5, 5.41) is 10.2. The van der Waals surface area contributed by atoms with Crippen LogP contribution in [-0.4, -0.2) is 36.8 Å². The van der Waals surface area contributed by atoms with E-state index in [0.29, 0.717) is 13.2 Å². The van der Waals surface area contributed by atoms with Crippen LogP contribution in [0.1, 0.15) is 5.56 Å². The lowest BCUT2D eigenvalue weighted by atomic mass is 10.0. The maximum atomic E-state index is 10.2. The highest BCUT2D eigenvalue weighted by Crippen LogP contribution is 2.25. The number of ether oxygens (including phenoxy) is 1. The molecular formula is C11H15NO2. The summed E-state index contributed by atoms with van der Waals surface area (Å²) < 4.78 is 5.44. The van der Waals surface area contributed by atoms with Crippen LogP contribution in [0.5, 0.6) is 0 Å². The molecule has 0 aromatic heterocycles. The van der Waals surface area contributed by atoms with E-state index in [-0.39, 0.29) is 0 Å². The Hall–Kier alpha value is -0.900. The number of nitrogens with zero attached hydrogens (tertiary/aromatic N) is 1. The van der Waals surface area contributed by atoms with Crippen LogP contribution >= 0.6 is 0 Å². The highest BCUT2D eigenvalue weighted by molar-refractivity contribution is 5.20. The van der Waals surface area contributed by atoms with Gasteiger partial charge < -0.3 is 9.84 Å². The molecule has 2 rings (SSSR count). The zero-order valence-corrected chi connectivity index (χ0v) is 8.31. The molecule has 0 spiro atoms. The Balaban J connectivity index is 2.23. The summed E-state index contributed by atoms with van der Waals surface area (Å²) in [7, 11) is 1.98. The van der Waals surface area contributed by atoms with Crippen molar-refractivity contribution >= 4 is 0 Å². The van der Waals surface area contributed by atoms with Gasteiger partial charge in [-0.15, -0.1) is 0 Å². The van der Waals surface area contributed by atoms with Crippen molar-refractivity contribution in [2.75, 3.05) is 26.7 Å². The molecule has 3 nitrogen and oxygen atoms in total. The topological polar surface area (TPSA) is 32.7 Å². The quantitative estimate of drug-likeness (QED) is 0.716. The SMILES string of the molecule is CN1CCO[C@](O)(c2ccccc2)C1. The lowest BCUT2D eigenvalue weighted by molar-refractivity contribution is -0.245. The van der Waals surface area contributed by atoms with E-state index in [1.54, 1.807) is 0 Å². The molecule has 0 amide bonds. The van der Waals surface area contributed by atoms with E-state index in [0.717, 1.165) is 12.1 Å². The standard InChI is InChI=1S/C11H15NO2/c1-12-7-8-14-11(13,9-12)10-5-3-2-4-6-10/h2-6,13H,7-9H2,1H3/t11-/m0/s1. The molecule has 14 heavy (non-hydrogen) atoms. The van der Waals surface area contributed by atoms with Crippen molar-refractivity contribution in [3.05, 3.63) is 35.9 Å². The number of benzene rings is 1. The molecule has 1 fully saturated rings. The average molecular weight is 193 g/mol. The van der Waals surface area contributed by atoms with Gasteiger partial charge in [0, 0.05) is 12.1 Å². The minimum absolute atomic E-state index is 0.525. The second kappa shape index (κ2) is 3.69. The van der Waals surface area contributed by atoms with Crippen molar-refractivity contribution in [2.45, 2.75) is 5.79 Å². The molecule has 0 saturated carbocycles. The van der Waals surface area contributed by atoms with Gasteiger partial charge in [0.15, 0.2) is 0 Å². The fourth-order valence-corrected chi connectivity index (χ4v) is 1.73. The Morgan fingerprint density at radius 3 is 2.71 bits per heavy atom. The molecule has 1 aromatic rings. The molecule has 1 aromatic carbocycles. The van der Waals surface area contributed by atoms with Gasteiger partial charge in [-0.25, -0.2) is 0 Å². The lowest BCUT2D eigenvalue weighted by Crippen LogP contribution is -2.48. The summed E-state index contributed by atoms with van der Waals surface area (Å²) >= 11 is 0. The van der Waals surface area contributed by atoms with Crippen molar-refractivity contribution in [2.24, 2.45) is 0 Å². The van der Waals surface area contributed by atoms with E-state index in [1.165, 1.54) is 0 Å². The van der Waals surface area contributed by atoms with Crippen LogP contribution in [-0.2, 0) is 10.5 Å². The molecule has 1 atom stereocenters. The van der Waals surface area contributed by atoms with Crippen LogP contribution in [0.25, 0.3) is 0 Å². The number of rotatable bonds is 1. The first-order chi connectivity index (χ1) is 6.71. The van der Waals surface area contributed by atoms with Crippen molar-refractivity contribution in [1.82, 2.24) is 4.90 Å². The molecule has 0 radical (unpaired) electrons. The van der Waals surface area contributed by atoms with Crippen LogP contribution in [0.3, 0.4) is 0 Å². The van der Waals surface area contributed by atoms with Crippen molar-refractivity contribution in [3.8, 4) is 0 Å². The third kappa shape index (κ3) is 1.80. The third-order valence-electron chi connectivity index (χ3n) is 2.52. The largest absolute Gasteiger partial charge is 0.361 e. The summed E-state index contributed by atoms with van der Waals surface area (Å²) in [5.74, 6) is -1.13. The van der Waals surface area contributed by atoms with Crippen LogP contribution in [0.15, 0.2) is 30.3 Å². The van der Waals surface area contributed by atoms with Crippen molar-refractivity contribution in [1.29, 1.82) is 0 Å². The fraction of sp³-hybridized carbons (Fsp3) is 0.455. The Bertz CT molecular complexity index is 301. The first kappa shape index (κ1) is 9.65. The monoisotopic (exact) mass is 193 g/mol. The number of morpholine rings is 1. The molecule has 76 valence electrons. The number of β-amino-alcohol motifs (C(OH)–C–C–N with tert-alkyl or cyclic N) is 1. The van der Waals surface area contributed by atoms with Crippen LogP contribution in [0.4, 0.5) is 0 Å². The van der Waals surface area contributed by atoms with Gasteiger partial charge >= 0.3 is 0 Å². The zero-order valence-electron chi connectivity index (χ0n) is 8.31. The molecule has 1 heterocycles. The van der Waals surface area contributed by atoms with Crippen molar-refractivity contribution in [3.63, 3.8) is 0 Å². The van der Waals surface area contributed by atoms with E-state index >= 15 is 0 Å². The fourth-order valence-electron chi connectivity index (χ4n) is 1.73. The van der Waals surface area contributed by atoms with E-state index in [4.69, 9.17) is 4.74 Å². The van der Waals surface area contributed by atoms with Crippen LogP contribution in [0.2, 0.25) is 0 Å². The van der Waals surface area contributed by atoms with E-state index in [1.807, 2.05) is 37.4 Å². The van der Waals surface area contributed by atoms with Gasteiger partial charge in [-0.05, 0) is 7.05 Å². The van der Waals surface area contributed by atoms with Gasteiger partial charge in [0.1, 0.15) is 0 Å². The maximum Gasteiger partial charge on any atom is 0.205 e. The summed E-state index contributed by atoms with van der Waals surface area (Å²) in [6, 6.07) is 9.52. The van der Waals surface area contributed by atoms with Crippen LogP contribution in [0, 0.1) is 0 Å². The molecule has 1 N–H and O–H groups in total. The second-order valence-corrected chi connectivity index (χ2v) is 3.74. The first-order valence-corrected chi connectivity index (χ1v) is 4.81. The summed E-state index contributed by atoms with van der Waals surface area (Å²) in [6.45, 7) is 1.97. The molecule has 3 heteroatoms. The first-order valence-electron chi connectivity index (χ1n) is 4.81. The molecule has 0 aliphatic carbocycles. The molecule has 1 aliphatic heterocycles. The van der Waals surface area contributed by atoms with Gasteiger partial charge in [0.05, 0.1) is 13.2 Å². The highest BCUT2D eigenvalue weighted by atomic mass is 16.6. The van der Waals surface area contributed by atoms with Gasteiger partial charge in [0.2, 0.25) is 5.79 Å². The number of hydrogen-bond acceptors (Lipinski definition) is 3. The number of aliphatic hydroxyl groups is 1. The van der Waals surface area contributed by atoms with Gasteiger partial charge in [-0.2, -0.15) is 0 Å². The number of likely N-dealkylation sites (N-methyl/N-ethyl adjacent to an activating group) is 1. The van der Waals surface area contributed by atoms with Gasteiger partial charge in [-0.1, -0.05) is 30.3 Å². The van der Waals surface area contributed by atoms with Crippen LogP contribution < -0.4 is 0 Å². The summed E-state index contributed by atoms with van der Waals surface area (Å²) in [5.41, 5.74) is 0.826.